The quantitative estimate of drug-likeness (QED) is 0.0689. The van der Waals surface area contributed by atoms with Gasteiger partial charge in [-0.3, -0.25) is 4.98 Å². The molecule has 3 rings (SSSR count). The Morgan fingerprint density at radius 2 is 1.36 bits per heavy atom. The van der Waals surface area contributed by atoms with Gasteiger partial charge in [0.2, 0.25) is 0 Å². The number of ether oxygens (including phenoxy) is 3. The Hall–Kier alpha value is -4.87. The molecule has 316 valence electrons. The van der Waals surface area contributed by atoms with Gasteiger partial charge in [0.25, 0.3) is 0 Å². The molecule has 2 fully saturated rings. The number of aliphatic hydroxyl groups is 1. The molecule has 1 aromatic rings. The number of hydrogen-bond donors (Lipinski definition) is 2. The van der Waals surface area contributed by atoms with Crippen LogP contribution >= 0.6 is 0 Å². The number of nitrogens with zero attached hydrogens (tertiary/aromatic N) is 4. The van der Waals surface area contributed by atoms with Gasteiger partial charge in [0.1, 0.15) is 5.60 Å². The van der Waals surface area contributed by atoms with E-state index >= 15 is 0 Å². The summed E-state index contributed by atoms with van der Waals surface area (Å²) in [7, 11) is 4.02. The molecule has 0 aromatic carbocycles. The Balaban J connectivity index is -0.000000648. The van der Waals surface area contributed by atoms with Gasteiger partial charge in [-0.2, -0.15) is 0 Å². The van der Waals surface area contributed by atoms with E-state index in [0.29, 0.717) is 18.0 Å². The summed E-state index contributed by atoms with van der Waals surface area (Å²) >= 11 is 0. The summed E-state index contributed by atoms with van der Waals surface area (Å²) in [6.45, 7) is 28.2. The highest BCUT2D eigenvalue weighted by molar-refractivity contribution is 5.89. The molecule has 2 saturated carbocycles. The fraction of sp³-hybridized carbons (Fsp3) is 0.581. The van der Waals surface area contributed by atoms with Crippen molar-refractivity contribution in [2.75, 3.05) is 32.2 Å². The summed E-state index contributed by atoms with van der Waals surface area (Å²) in [6, 6.07) is 7.20. The average Bonchev–Trinajstić information content (AvgIpc) is 3.66. The number of carbonyl (C=O) groups excluding carboxylic acids is 3. The largest absolute Gasteiger partial charge is 0.479 e. The molecule has 13 heteroatoms. The summed E-state index contributed by atoms with van der Waals surface area (Å²) in [5.41, 5.74) is 0.494. The second-order valence-electron chi connectivity index (χ2n) is 14.2. The van der Waals surface area contributed by atoms with Gasteiger partial charge in [-0.1, -0.05) is 47.1 Å². The summed E-state index contributed by atoms with van der Waals surface area (Å²) in [4.78, 5) is 56.9. The molecule has 0 radical (unpaired) electrons. The molecule has 0 bridgehead atoms. The van der Waals surface area contributed by atoms with E-state index in [1.165, 1.54) is 19.5 Å². The minimum Gasteiger partial charge on any atom is -0.479 e. The van der Waals surface area contributed by atoms with Gasteiger partial charge >= 0.3 is 23.9 Å². The normalized spacial score (nSPS) is 19.9. The van der Waals surface area contributed by atoms with Crippen molar-refractivity contribution in [2.24, 2.45) is 21.8 Å². The number of aliphatic imine (C=N–C) groups is 2. The van der Waals surface area contributed by atoms with Crippen LogP contribution in [-0.2, 0) is 33.4 Å². The molecule has 2 N–H and O–H groups in total. The average molecular weight is 787 g/mol. The van der Waals surface area contributed by atoms with Crippen LogP contribution in [0.15, 0.2) is 84.1 Å². The first-order valence-corrected chi connectivity index (χ1v) is 18.4. The van der Waals surface area contributed by atoms with Crippen molar-refractivity contribution in [1.29, 1.82) is 0 Å². The van der Waals surface area contributed by atoms with E-state index in [-0.39, 0.29) is 31.1 Å². The number of aromatic nitrogens is 1. The molecule has 1 aromatic heterocycles. The molecule has 2 aliphatic rings. The molecule has 0 spiro atoms. The maximum atomic E-state index is 11.7. The highest BCUT2D eigenvalue weighted by Gasteiger charge is 2.41. The van der Waals surface area contributed by atoms with E-state index in [1.54, 1.807) is 24.5 Å². The van der Waals surface area contributed by atoms with Crippen molar-refractivity contribution in [2.45, 2.75) is 125 Å². The molecule has 2 aliphatic carbocycles. The van der Waals surface area contributed by atoms with Crippen LogP contribution in [0, 0.1) is 11.8 Å². The minimum atomic E-state index is -1.17. The zero-order chi connectivity index (χ0) is 42.8. The first-order chi connectivity index (χ1) is 25.6. The smallest absolute Gasteiger partial charge is 0.345 e. The number of aliphatic carboxylic acids is 1. The van der Waals surface area contributed by atoms with Crippen LogP contribution in [0.3, 0.4) is 0 Å². The lowest BCUT2D eigenvalue weighted by atomic mass is 9.92. The lowest BCUT2D eigenvalue weighted by Crippen LogP contribution is -2.36. The minimum absolute atomic E-state index is 0. The SMILES string of the molecule is C.C=C(C)C(=O)OCC(=O)O.C=CC1(O)CCCC1C.C=CC1(OC(=O)COC(=O)C(=C)C)CCCC1C.CC(C)N=C=NC(C)C.CN(C)c1ccncc1. The Bertz CT molecular complexity index is 1440. The van der Waals surface area contributed by atoms with Crippen molar-refractivity contribution in [3.8, 4) is 0 Å². The van der Waals surface area contributed by atoms with Crippen molar-refractivity contribution >= 4 is 35.6 Å². The second kappa shape index (κ2) is 29.4. The first kappa shape index (κ1) is 55.5. The zero-order valence-electron chi connectivity index (χ0n) is 34.8. The van der Waals surface area contributed by atoms with Crippen LogP contribution < -0.4 is 4.90 Å². The third-order valence-electron chi connectivity index (χ3n) is 8.27. The van der Waals surface area contributed by atoms with Crippen LogP contribution in [0.25, 0.3) is 0 Å². The predicted molar refractivity (Wildman–Crippen MR) is 225 cm³/mol. The summed E-state index contributed by atoms with van der Waals surface area (Å²) in [6.07, 6.45) is 12.9. The maximum Gasteiger partial charge on any atom is 0.345 e. The van der Waals surface area contributed by atoms with Crippen LogP contribution in [0.2, 0.25) is 0 Å². The summed E-state index contributed by atoms with van der Waals surface area (Å²) in [5, 5.41) is 17.7. The number of hydrogen-bond acceptors (Lipinski definition) is 12. The third-order valence-corrected chi connectivity index (χ3v) is 8.27. The maximum absolute atomic E-state index is 11.7. The van der Waals surface area contributed by atoms with Gasteiger partial charge in [-0.15, -0.1) is 6.58 Å². The van der Waals surface area contributed by atoms with Crippen LogP contribution in [0.1, 0.15) is 101 Å². The number of carboxylic acids is 1. The lowest BCUT2D eigenvalue weighted by molar-refractivity contribution is -0.167. The number of anilines is 1. The summed E-state index contributed by atoms with van der Waals surface area (Å²) in [5.74, 6) is -2.32. The topological polar surface area (TPSA) is 177 Å². The van der Waals surface area contributed by atoms with E-state index in [1.807, 2.05) is 65.7 Å². The van der Waals surface area contributed by atoms with Gasteiger partial charge < -0.3 is 29.3 Å². The van der Waals surface area contributed by atoms with Crippen molar-refractivity contribution in [3.63, 3.8) is 0 Å². The molecular weight excluding hydrogens is 716 g/mol. The van der Waals surface area contributed by atoms with E-state index in [4.69, 9.17) is 14.6 Å². The Kier molecular flexibility index (Phi) is 29.1. The van der Waals surface area contributed by atoms with Gasteiger partial charge in [-0.25, -0.2) is 29.2 Å². The van der Waals surface area contributed by atoms with Crippen LogP contribution in [0.5, 0.6) is 0 Å². The monoisotopic (exact) mass is 787 g/mol. The third kappa shape index (κ3) is 24.5. The first-order valence-electron chi connectivity index (χ1n) is 18.4. The van der Waals surface area contributed by atoms with E-state index in [9.17, 15) is 24.3 Å². The molecule has 4 atom stereocenters. The van der Waals surface area contributed by atoms with Crippen LogP contribution in [-0.4, -0.2) is 95.7 Å². The Labute approximate surface area is 336 Å². The van der Waals surface area contributed by atoms with E-state index < -0.39 is 41.7 Å². The molecule has 13 nitrogen and oxygen atoms in total. The van der Waals surface area contributed by atoms with Crippen molar-refractivity contribution < 1.29 is 43.6 Å². The number of pyridine rings is 1. The van der Waals surface area contributed by atoms with Gasteiger partial charge in [0.05, 0.1) is 23.7 Å². The number of carbonyl (C=O) groups is 4. The van der Waals surface area contributed by atoms with Crippen LogP contribution in [0.4, 0.5) is 5.69 Å². The van der Waals surface area contributed by atoms with E-state index in [0.717, 1.165) is 38.5 Å². The Morgan fingerprint density at radius 1 is 0.893 bits per heavy atom. The second-order valence-corrected chi connectivity index (χ2v) is 14.2. The predicted octanol–water partition coefficient (Wildman–Crippen LogP) is 8.07. The van der Waals surface area contributed by atoms with Crippen molar-refractivity contribution in [1.82, 2.24) is 4.98 Å². The molecule has 56 heavy (non-hydrogen) atoms. The number of esters is 3. The lowest BCUT2D eigenvalue weighted by Gasteiger charge is -2.30. The Morgan fingerprint density at radius 3 is 1.66 bits per heavy atom. The molecule has 4 unspecified atom stereocenters. The van der Waals surface area contributed by atoms with Gasteiger partial charge in [0, 0.05) is 43.3 Å². The van der Waals surface area contributed by atoms with Gasteiger partial charge in [-0.05, 0) is 110 Å². The van der Waals surface area contributed by atoms with Crippen molar-refractivity contribution in [3.05, 3.63) is 74.1 Å². The molecule has 1 heterocycles. The fourth-order valence-corrected chi connectivity index (χ4v) is 4.81. The molecule has 0 saturated heterocycles. The zero-order valence-corrected chi connectivity index (χ0v) is 34.8. The fourth-order valence-electron chi connectivity index (χ4n) is 4.81. The molecule has 0 aliphatic heterocycles. The highest BCUT2D eigenvalue weighted by atomic mass is 16.6. The standard InChI is InChI=1S/C14H20O4.C8H14O.C7H10N2.C7H14N2.C6H8O4.CH4/c1-5-14(8-6-7-11(14)4)18-12(15)9-17-13(16)10(2)3;1-3-8(9)6-4-5-7(8)2;1-9(2)7-3-5-8-6-4-7;1-6(2)8-5-9-7(3)4;1-4(2)6(9)10-3-5(7)8;/h5,11H,1-2,6-9H2,3-4H3;3,7,9H,1,4-6H2,2H3;3-6H,1-2H3;6-7H,1-4H3;1,3H2,2H3,(H,7,8);1H4. The number of rotatable bonds is 12. The highest BCUT2D eigenvalue weighted by Crippen LogP contribution is 2.39. The number of carboxylic acid groups (broad SMARTS) is 1. The summed E-state index contributed by atoms with van der Waals surface area (Å²) < 4.78 is 14.4. The molecule has 0 amide bonds. The van der Waals surface area contributed by atoms with Gasteiger partial charge in [0.15, 0.2) is 13.2 Å². The molecular formula is C43H70N4O9. The van der Waals surface area contributed by atoms with E-state index in [2.05, 4.69) is 59.0 Å².